The predicted octanol–water partition coefficient (Wildman–Crippen LogP) is 1.24. The molecule has 80 valence electrons. The van der Waals surface area contributed by atoms with Crippen LogP contribution in [0.25, 0.3) is 0 Å². The molecule has 2 N–H and O–H groups in total. The van der Waals surface area contributed by atoms with Crippen LogP contribution in [0.1, 0.15) is 21.3 Å². The predicted molar refractivity (Wildman–Crippen MR) is 55.6 cm³/mol. The molecular weight excluding hydrogens is 218 g/mol. The van der Waals surface area contributed by atoms with E-state index in [1.54, 1.807) is 18.2 Å². The largest absolute Gasteiger partial charge is 0.468 e. The Morgan fingerprint density at radius 3 is 2.67 bits per heavy atom. The monoisotopic (exact) mass is 227 g/mol. The van der Waals surface area contributed by atoms with Crippen molar-refractivity contribution in [2.45, 2.75) is 5.38 Å². The van der Waals surface area contributed by atoms with Gasteiger partial charge in [-0.3, -0.25) is 9.59 Å². The van der Waals surface area contributed by atoms with E-state index in [-0.39, 0.29) is 0 Å². The molecule has 0 spiro atoms. The minimum absolute atomic E-state index is 0.307. The van der Waals surface area contributed by atoms with Crippen molar-refractivity contribution in [3.63, 3.8) is 0 Å². The second-order valence-electron chi connectivity index (χ2n) is 2.88. The maximum atomic E-state index is 11.1. The van der Waals surface area contributed by atoms with Crippen LogP contribution in [0, 0.1) is 0 Å². The third kappa shape index (κ3) is 2.70. The number of carbonyl (C=O) groups is 2. The van der Waals surface area contributed by atoms with E-state index in [1.165, 1.54) is 13.2 Å². The van der Waals surface area contributed by atoms with Crippen molar-refractivity contribution in [1.29, 1.82) is 0 Å². The Labute approximate surface area is 92.0 Å². The Kier molecular flexibility index (Phi) is 3.68. The number of hydrogen-bond acceptors (Lipinski definition) is 3. The maximum Gasteiger partial charge on any atom is 0.328 e. The van der Waals surface area contributed by atoms with Gasteiger partial charge in [0.1, 0.15) is 0 Å². The van der Waals surface area contributed by atoms with Gasteiger partial charge >= 0.3 is 5.97 Å². The zero-order valence-electron chi connectivity index (χ0n) is 8.07. The Morgan fingerprint density at radius 1 is 1.47 bits per heavy atom. The quantitative estimate of drug-likeness (QED) is 0.624. The van der Waals surface area contributed by atoms with Gasteiger partial charge in [0.2, 0.25) is 5.91 Å². The van der Waals surface area contributed by atoms with Gasteiger partial charge in [-0.05, 0) is 17.7 Å². The van der Waals surface area contributed by atoms with Crippen molar-refractivity contribution >= 4 is 23.5 Å². The third-order valence-electron chi connectivity index (χ3n) is 1.87. The molecule has 0 aliphatic heterocycles. The summed E-state index contributed by atoms with van der Waals surface area (Å²) in [6, 6.07) is 6.25. The van der Waals surface area contributed by atoms with Crippen molar-refractivity contribution in [2.75, 3.05) is 7.11 Å². The summed E-state index contributed by atoms with van der Waals surface area (Å²) < 4.78 is 4.48. The summed E-state index contributed by atoms with van der Waals surface area (Å²) >= 11 is 5.81. The number of esters is 1. The summed E-state index contributed by atoms with van der Waals surface area (Å²) in [5.41, 5.74) is 5.89. The van der Waals surface area contributed by atoms with Crippen LogP contribution in [0.15, 0.2) is 24.3 Å². The van der Waals surface area contributed by atoms with E-state index in [1.807, 2.05) is 0 Å². The number of rotatable bonds is 3. The number of methoxy groups -OCH3 is 1. The molecule has 5 heteroatoms. The van der Waals surface area contributed by atoms with E-state index in [4.69, 9.17) is 17.3 Å². The van der Waals surface area contributed by atoms with Gasteiger partial charge in [-0.25, -0.2) is 0 Å². The number of nitrogens with two attached hydrogens (primary N) is 1. The maximum absolute atomic E-state index is 11.1. The lowest BCUT2D eigenvalue weighted by Gasteiger charge is -2.07. The van der Waals surface area contributed by atoms with Crippen molar-refractivity contribution in [1.82, 2.24) is 0 Å². The normalized spacial score (nSPS) is 11.9. The topological polar surface area (TPSA) is 69.4 Å². The van der Waals surface area contributed by atoms with Crippen LogP contribution in [-0.2, 0) is 9.53 Å². The van der Waals surface area contributed by atoms with E-state index in [0.717, 1.165) is 0 Å². The summed E-state index contributed by atoms with van der Waals surface area (Å²) in [5, 5.41) is -0.922. The van der Waals surface area contributed by atoms with Crippen molar-refractivity contribution in [3.05, 3.63) is 35.4 Å². The first kappa shape index (κ1) is 11.5. The molecule has 4 nitrogen and oxygen atoms in total. The fourth-order valence-corrected chi connectivity index (χ4v) is 1.31. The third-order valence-corrected chi connectivity index (χ3v) is 2.30. The van der Waals surface area contributed by atoms with Crippen LogP contribution in [-0.4, -0.2) is 19.0 Å². The molecule has 0 fully saturated rings. The van der Waals surface area contributed by atoms with Gasteiger partial charge in [-0.1, -0.05) is 12.1 Å². The van der Waals surface area contributed by atoms with Crippen LogP contribution in [0.2, 0.25) is 0 Å². The first-order chi connectivity index (χ1) is 7.06. The van der Waals surface area contributed by atoms with Gasteiger partial charge < -0.3 is 10.5 Å². The van der Waals surface area contributed by atoms with Crippen LogP contribution in [0.3, 0.4) is 0 Å². The average molecular weight is 228 g/mol. The van der Waals surface area contributed by atoms with Crippen LogP contribution >= 0.6 is 11.6 Å². The van der Waals surface area contributed by atoms with E-state index in [9.17, 15) is 9.59 Å². The minimum atomic E-state index is -0.922. The van der Waals surface area contributed by atoms with Gasteiger partial charge in [-0.15, -0.1) is 11.6 Å². The molecule has 15 heavy (non-hydrogen) atoms. The van der Waals surface area contributed by atoms with Crippen molar-refractivity contribution in [3.8, 4) is 0 Å². The van der Waals surface area contributed by atoms with Crippen LogP contribution in [0.5, 0.6) is 0 Å². The van der Waals surface area contributed by atoms with Gasteiger partial charge in [0.15, 0.2) is 5.38 Å². The molecule has 1 amide bonds. The van der Waals surface area contributed by atoms with E-state index in [0.29, 0.717) is 11.1 Å². The summed E-state index contributed by atoms with van der Waals surface area (Å²) in [6.07, 6.45) is 0. The number of primary amides is 1. The number of halogens is 1. The summed E-state index contributed by atoms with van der Waals surface area (Å²) in [5.74, 6) is -1.14. The first-order valence-corrected chi connectivity index (χ1v) is 4.61. The molecule has 1 aromatic carbocycles. The molecule has 1 atom stereocenters. The minimum Gasteiger partial charge on any atom is -0.468 e. The Hall–Kier alpha value is -1.55. The molecule has 0 saturated carbocycles. The van der Waals surface area contributed by atoms with E-state index < -0.39 is 17.3 Å². The zero-order chi connectivity index (χ0) is 11.4. The first-order valence-electron chi connectivity index (χ1n) is 4.18. The molecule has 1 unspecified atom stereocenters. The fourth-order valence-electron chi connectivity index (χ4n) is 1.09. The lowest BCUT2D eigenvalue weighted by molar-refractivity contribution is -0.140. The molecule has 1 rings (SSSR count). The molecular formula is C10H10ClNO3. The SMILES string of the molecule is COC(=O)C(Cl)c1cccc(C(N)=O)c1. The second-order valence-corrected chi connectivity index (χ2v) is 3.31. The fraction of sp³-hybridized carbons (Fsp3) is 0.200. The molecule has 0 aromatic heterocycles. The number of carbonyl (C=O) groups excluding carboxylic acids is 2. The molecule has 0 radical (unpaired) electrons. The second kappa shape index (κ2) is 4.79. The number of alkyl halides is 1. The summed E-state index contributed by atoms with van der Waals surface area (Å²) in [6.45, 7) is 0. The molecule has 0 saturated heterocycles. The molecule has 0 heterocycles. The van der Waals surface area contributed by atoms with Gasteiger partial charge in [0, 0.05) is 5.56 Å². The average Bonchev–Trinajstić information content (AvgIpc) is 2.27. The number of benzene rings is 1. The molecule has 1 aromatic rings. The van der Waals surface area contributed by atoms with Crippen LogP contribution < -0.4 is 5.73 Å². The Morgan fingerprint density at radius 2 is 2.13 bits per heavy atom. The lowest BCUT2D eigenvalue weighted by atomic mass is 10.1. The lowest BCUT2D eigenvalue weighted by Crippen LogP contribution is -2.13. The van der Waals surface area contributed by atoms with Crippen LogP contribution in [0.4, 0.5) is 0 Å². The number of amides is 1. The molecule has 0 bridgehead atoms. The molecule has 0 aliphatic carbocycles. The summed E-state index contributed by atoms with van der Waals surface area (Å²) in [4.78, 5) is 22.0. The number of hydrogen-bond donors (Lipinski definition) is 1. The zero-order valence-corrected chi connectivity index (χ0v) is 8.82. The highest BCUT2D eigenvalue weighted by molar-refractivity contribution is 6.30. The Balaban J connectivity index is 3.00. The highest BCUT2D eigenvalue weighted by Crippen LogP contribution is 2.22. The van der Waals surface area contributed by atoms with Gasteiger partial charge in [0.05, 0.1) is 7.11 Å². The van der Waals surface area contributed by atoms with Gasteiger partial charge in [0.25, 0.3) is 0 Å². The van der Waals surface area contributed by atoms with E-state index in [2.05, 4.69) is 4.74 Å². The standard InChI is InChI=1S/C10H10ClNO3/c1-15-10(14)8(11)6-3-2-4-7(5-6)9(12)13/h2-5,8H,1H3,(H2,12,13). The van der Waals surface area contributed by atoms with Gasteiger partial charge in [-0.2, -0.15) is 0 Å². The van der Waals surface area contributed by atoms with E-state index >= 15 is 0 Å². The van der Waals surface area contributed by atoms with Crippen molar-refractivity contribution < 1.29 is 14.3 Å². The summed E-state index contributed by atoms with van der Waals surface area (Å²) in [7, 11) is 1.25. The molecule has 0 aliphatic rings. The number of ether oxygens (including phenoxy) is 1. The highest BCUT2D eigenvalue weighted by atomic mass is 35.5. The highest BCUT2D eigenvalue weighted by Gasteiger charge is 2.18. The smallest absolute Gasteiger partial charge is 0.328 e. The van der Waals surface area contributed by atoms with Crippen molar-refractivity contribution in [2.24, 2.45) is 5.73 Å². The Bertz CT molecular complexity index is 392.